The summed E-state index contributed by atoms with van der Waals surface area (Å²) in [5, 5.41) is 17.9. The molecule has 0 aromatic rings. The zero-order chi connectivity index (χ0) is 8.82. The van der Waals surface area contributed by atoms with Crippen molar-refractivity contribution in [1.29, 1.82) is 0 Å². The van der Waals surface area contributed by atoms with Gasteiger partial charge in [-0.2, -0.15) is 0 Å². The number of carboxylic acids is 1. The van der Waals surface area contributed by atoms with E-state index >= 15 is 0 Å². The van der Waals surface area contributed by atoms with Gasteiger partial charge in [-0.15, -0.1) is 0 Å². The van der Waals surface area contributed by atoms with Crippen molar-refractivity contribution in [2.45, 2.75) is 24.9 Å². The minimum atomic E-state index is -0.741. The Morgan fingerprint density at radius 3 is 2.67 bits per heavy atom. The molecule has 0 aromatic heterocycles. The molecule has 0 radical (unpaired) electrons. The fourth-order valence-electron chi connectivity index (χ4n) is 2.34. The van der Waals surface area contributed by atoms with Gasteiger partial charge in [-0.25, -0.2) is 0 Å². The first-order valence-corrected chi connectivity index (χ1v) is 4.11. The maximum absolute atomic E-state index is 10.8. The molecule has 4 nitrogen and oxygen atoms in total. The van der Waals surface area contributed by atoms with Crippen molar-refractivity contribution < 1.29 is 19.7 Å². The van der Waals surface area contributed by atoms with Crippen LogP contribution in [0.4, 0.5) is 0 Å². The van der Waals surface area contributed by atoms with Crippen LogP contribution in [0.1, 0.15) is 19.3 Å². The molecule has 0 aromatic carbocycles. The third-order valence-electron chi connectivity index (χ3n) is 3.05. The van der Waals surface area contributed by atoms with Crippen LogP contribution in [-0.2, 0) is 9.53 Å². The molecule has 1 aliphatic carbocycles. The number of hydrogen-bond acceptors (Lipinski definition) is 3. The Balaban J connectivity index is 2.13. The molecule has 2 N–H and O–H groups in total. The quantitative estimate of drug-likeness (QED) is 0.615. The summed E-state index contributed by atoms with van der Waals surface area (Å²) in [4.78, 5) is 10.8. The maximum atomic E-state index is 10.8. The third kappa shape index (κ3) is 0.820. The van der Waals surface area contributed by atoms with Crippen LogP contribution >= 0.6 is 0 Å². The first kappa shape index (κ1) is 8.01. The van der Waals surface area contributed by atoms with Crippen LogP contribution in [0.2, 0.25) is 0 Å². The number of aliphatic hydroxyl groups is 1. The van der Waals surface area contributed by atoms with Crippen LogP contribution in [0.15, 0.2) is 0 Å². The van der Waals surface area contributed by atoms with Crippen LogP contribution in [0.25, 0.3) is 0 Å². The van der Waals surface area contributed by atoms with Crippen molar-refractivity contribution in [1.82, 2.24) is 0 Å². The van der Waals surface area contributed by atoms with E-state index < -0.39 is 17.0 Å². The van der Waals surface area contributed by atoms with E-state index in [1.165, 1.54) is 0 Å². The minimum absolute atomic E-state index is 0.0535. The van der Waals surface area contributed by atoms with Gasteiger partial charge in [-0.05, 0) is 19.3 Å². The van der Waals surface area contributed by atoms with E-state index in [-0.39, 0.29) is 6.61 Å². The summed E-state index contributed by atoms with van der Waals surface area (Å²) in [6.45, 7) is 0.412. The zero-order valence-electron chi connectivity index (χ0n) is 6.75. The lowest BCUT2D eigenvalue weighted by atomic mass is 9.56. The van der Waals surface area contributed by atoms with Gasteiger partial charge < -0.3 is 14.9 Å². The fraction of sp³-hybridized carbons (Fsp3) is 0.875. The van der Waals surface area contributed by atoms with E-state index in [1.807, 2.05) is 0 Å². The summed E-state index contributed by atoms with van der Waals surface area (Å²) >= 11 is 0. The lowest BCUT2D eigenvalue weighted by Gasteiger charge is -2.56. The Labute approximate surface area is 70.1 Å². The van der Waals surface area contributed by atoms with E-state index in [1.54, 1.807) is 0 Å². The molecular formula is C8H12O4. The van der Waals surface area contributed by atoms with Gasteiger partial charge in [0, 0.05) is 6.61 Å². The van der Waals surface area contributed by atoms with E-state index in [2.05, 4.69) is 0 Å². The Morgan fingerprint density at radius 1 is 1.50 bits per heavy atom. The molecule has 2 saturated heterocycles. The van der Waals surface area contributed by atoms with Gasteiger partial charge in [0.1, 0.15) is 0 Å². The highest BCUT2D eigenvalue weighted by atomic mass is 16.5. The van der Waals surface area contributed by atoms with Crippen LogP contribution in [0, 0.1) is 5.41 Å². The number of aliphatic carboxylic acids is 1. The van der Waals surface area contributed by atoms with Crippen molar-refractivity contribution >= 4 is 5.97 Å². The van der Waals surface area contributed by atoms with Crippen molar-refractivity contribution in [3.63, 3.8) is 0 Å². The molecule has 0 amide bonds. The van der Waals surface area contributed by atoms with Gasteiger partial charge in [0.15, 0.2) is 0 Å². The van der Waals surface area contributed by atoms with Crippen LogP contribution < -0.4 is 0 Å². The van der Waals surface area contributed by atoms with Crippen molar-refractivity contribution in [3.05, 3.63) is 0 Å². The van der Waals surface area contributed by atoms with E-state index in [4.69, 9.17) is 14.9 Å². The van der Waals surface area contributed by atoms with Gasteiger partial charge in [0.25, 0.3) is 0 Å². The average Bonchev–Trinajstić information content (AvgIpc) is 2.03. The van der Waals surface area contributed by atoms with Gasteiger partial charge in [-0.3, -0.25) is 4.79 Å². The van der Waals surface area contributed by atoms with E-state index in [0.29, 0.717) is 25.9 Å². The summed E-state index contributed by atoms with van der Waals surface area (Å²) in [7, 11) is 0. The second-order valence-electron chi connectivity index (χ2n) is 3.88. The zero-order valence-corrected chi connectivity index (χ0v) is 6.75. The highest BCUT2D eigenvalue weighted by molar-refractivity contribution is 5.76. The molecule has 3 rings (SSSR count). The first-order valence-electron chi connectivity index (χ1n) is 4.11. The molecule has 2 bridgehead atoms. The Bertz CT molecular complexity index is 217. The highest BCUT2D eigenvalue weighted by Gasteiger charge is 2.62. The maximum Gasteiger partial charge on any atom is 0.309 e. The lowest BCUT2D eigenvalue weighted by molar-refractivity contribution is -0.243. The third-order valence-corrected chi connectivity index (χ3v) is 3.05. The summed E-state index contributed by atoms with van der Waals surface area (Å²) in [5.41, 5.74) is -1.10. The Kier molecular flexibility index (Phi) is 1.47. The molecule has 0 unspecified atom stereocenters. The molecule has 4 heteroatoms. The van der Waals surface area contributed by atoms with E-state index in [0.717, 1.165) is 0 Å². The molecule has 3 fully saturated rings. The number of rotatable bonds is 2. The molecule has 2 heterocycles. The lowest BCUT2D eigenvalue weighted by Crippen LogP contribution is -2.63. The second-order valence-corrected chi connectivity index (χ2v) is 3.88. The van der Waals surface area contributed by atoms with Gasteiger partial charge in [-0.1, -0.05) is 0 Å². The van der Waals surface area contributed by atoms with Crippen LogP contribution in [-0.4, -0.2) is 35.0 Å². The monoisotopic (exact) mass is 172 g/mol. The molecule has 0 spiro atoms. The average molecular weight is 172 g/mol. The number of carbonyl (C=O) groups is 1. The highest BCUT2D eigenvalue weighted by Crippen LogP contribution is 2.56. The summed E-state index contributed by atoms with van der Waals surface area (Å²) in [6.07, 6.45) is 1.54. The summed E-state index contributed by atoms with van der Waals surface area (Å²) in [5.74, 6) is -0.741. The fourth-order valence-corrected chi connectivity index (χ4v) is 2.34. The first-order chi connectivity index (χ1) is 5.63. The summed E-state index contributed by atoms with van der Waals surface area (Å²) < 4.78 is 5.34. The Hall–Kier alpha value is -0.610. The standard InChI is InChI=1S/C8H12O4/c9-5-8-3-7(4-8,6(10)11)1-2-12-8/h9H,1-5H2,(H,10,11). The number of ether oxygens (including phenoxy) is 1. The van der Waals surface area contributed by atoms with Gasteiger partial charge >= 0.3 is 5.97 Å². The SMILES string of the molecule is O=C(O)C12CCOC(CO)(C1)C2. The van der Waals surface area contributed by atoms with Gasteiger partial charge in [0.2, 0.25) is 0 Å². The van der Waals surface area contributed by atoms with Crippen LogP contribution in [0.5, 0.6) is 0 Å². The predicted molar refractivity (Wildman–Crippen MR) is 39.7 cm³/mol. The second kappa shape index (κ2) is 2.20. The molecule has 3 aliphatic rings. The van der Waals surface area contributed by atoms with Crippen LogP contribution in [0.3, 0.4) is 0 Å². The number of aliphatic hydroxyl groups excluding tert-OH is 1. The van der Waals surface area contributed by atoms with Crippen molar-refractivity contribution in [2.75, 3.05) is 13.2 Å². The number of fused-ring (bicyclic) bond motifs is 2. The summed E-state index contributed by atoms with van der Waals surface area (Å²) in [6, 6.07) is 0. The van der Waals surface area contributed by atoms with Gasteiger partial charge in [0.05, 0.1) is 17.6 Å². The number of hydrogen-bond donors (Lipinski definition) is 2. The van der Waals surface area contributed by atoms with E-state index in [9.17, 15) is 4.79 Å². The molecule has 12 heavy (non-hydrogen) atoms. The predicted octanol–water partition coefficient (Wildman–Crippen LogP) is 0.00260. The molecule has 2 aliphatic heterocycles. The van der Waals surface area contributed by atoms with Crippen molar-refractivity contribution in [3.8, 4) is 0 Å². The largest absolute Gasteiger partial charge is 0.481 e. The molecule has 1 saturated carbocycles. The topological polar surface area (TPSA) is 66.8 Å². The minimum Gasteiger partial charge on any atom is -0.481 e. The molecule has 0 atom stereocenters. The number of carboxylic acid groups (broad SMARTS) is 1. The Morgan fingerprint density at radius 2 is 2.17 bits per heavy atom. The smallest absolute Gasteiger partial charge is 0.309 e. The van der Waals surface area contributed by atoms with Crippen molar-refractivity contribution in [2.24, 2.45) is 5.41 Å². The molecular weight excluding hydrogens is 160 g/mol. The normalized spacial score (nSPS) is 45.1. The molecule has 68 valence electrons.